The average molecular weight is 395 g/mol. The summed E-state index contributed by atoms with van der Waals surface area (Å²) in [5.41, 5.74) is 0.356. The first-order valence-electron chi connectivity index (χ1n) is 12.2. The summed E-state index contributed by atoms with van der Waals surface area (Å²) in [5.74, 6) is 3.07. The van der Waals surface area contributed by atoms with Crippen LogP contribution in [0.25, 0.3) is 0 Å². The van der Waals surface area contributed by atoms with Crippen LogP contribution in [0.15, 0.2) is 0 Å². The van der Waals surface area contributed by atoms with Crippen molar-refractivity contribution < 1.29 is 10.2 Å². The van der Waals surface area contributed by atoms with Crippen LogP contribution in [0.2, 0.25) is 0 Å². The summed E-state index contributed by atoms with van der Waals surface area (Å²) in [6.45, 7) is 20.9. The van der Waals surface area contributed by atoms with E-state index in [1.807, 2.05) is 0 Å². The van der Waals surface area contributed by atoms with Crippen molar-refractivity contribution in [1.82, 2.24) is 0 Å². The van der Waals surface area contributed by atoms with E-state index < -0.39 is 0 Å². The minimum atomic E-state index is -0.233. The molecule has 0 aromatic heterocycles. The molecule has 2 rings (SSSR count). The highest BCUT2D eigenvalue weighted by Crippen LogP contribution is 2.52. The van der Waals surface area contributed by atoms with E-state index in [4.69, 9.17) is 0 Å². The summed E-state index contributed by atoms with van der Waals surface area (Å²) in [4.78, 5) is 0. The molecule has 0 aromatic carbocycles. The normalized spacial score (nSPS) is 41.7. The van der Waals surface area contributed by atoms with Gasteiger partial charge >= 0.3 is 0 Å². The Morgan fingerprint density at radius 2 is 1.04 bits per heavy atom. The van der Waals surface area contributed by atoms with E-state index in [0.717, 1.165) is 38.5 Å². The molecule has 2 saturated carbocycles. The topological polar surface area (TPSA) is 40.5 Å². The number of aliphatic hydroxyl groups is 2. The van der Waals surface area contributed by atoms with Gasteiger partial charge in [-0.05, 0) is 77.9 Å². The molecule has 0 spiro atoms. The van der Waals surface area contributed by atoms with Crippen molar-refractivity contribution in [1.29, 1.82) is 0 Å². The highest BCUT2D eigenvalue weighted by atomic mass is 16.3. The van der Waals surface area contributed by atoms with Gasteiger partial charge in [0.25, 0.3) is 0 Å². The predicted octanol–water partition coefficient (Wildman–Crippen LogP) is 6.54. The lowest BCUT2D eigenvalue weighted by Crippen LogP contribution is -2.51. The SMILES string of the molecule is CCC(C)(C)C1CC(C)CC(C(C)C2CC(C)CC(C(C)(C)CC)C2O)C1O. The van der Waals surface area contributed by atoms with Crippen LogP contribution < -0.4 is 0 Å². The van der Waals surface area contributed by atoms with Crippen LogP contribution in [0.5, 0.6) is 0 Å². The molecular weight excluding hydrogens is 344 g/mol. The second kappa shape index (κ2) is 8.96. The fraction of sp³-hybridized carbons (Fsp3) is 1.00. The summed E-state index contributed by atoms with van der Waals surface area (Å²) >= 11 is 0. The van der Waals surface area contributed by atoms with E-state index in [1.165, 1.54) is 0 Å². The van der Waals surface area contributed by atoms with E-state index in [9.17, 15) is 10.2 Å². The first-order valence-corrected chi connectivity index (χ1v) is 12.2. The zero-order valence-corrected chi connectivity index (χ0v) is 20.3. The van der Waals surface area contributed by atoms with Gasteiger partial charge in [0.1, 0.15) is 0 Å². The van der Waals surface area contributed by atoms with Crippen molar-refractivity contribution in [3.8, 4) is 0 Å². The summed E-state index contributed by atoms with van der Waals surface area (Å²) in [5, 5.41) is 22.9. The number of rotatable bonds is 6. The molecule has 2 N–H and O–H groups in total. The van der Waals surface area contributed by atoms with Crippen molar-refractivity contribution in [2.24, 2.45) is 52.3 Å². The Balaban J connectivity index is 2.26. The Kier molecular flexibility index (Phi) is 7.74. The van der Waals surface area contributed by atoms with Gasteiger partial charge in [-0.2, -0.15) is 0 Å². The molecule has 0 saturated heterocycles. The monoisotopic (exact) mass is 394 g/mol. The van der Waals surface area contributed by atoms with Crippen molar-refractivity contribution in [3.05, 3.63) is 0 Å². The van der Waals surface area contributed by atoms with Gasteiger partial charge < -0.3 is 10.2 Å². The minimum Gasteiger partial charge on any atom is -0.393 e. The quantitative estimate of drug-likeness (QED) is 0.537. The van der Waals surface area contributed by atoms with Gasteiger partial charge in [-0.15, -0.1) is 0 Å². The van der Waals surface area contributed by atoms with Crippen LogP contribution >= 0.6 is 0 Å². The molecule has 8 atom stereocenters. The van der Waals surface area contributed by atoms with Gasteiger partial charge in [-0.3, -0.25) is 0 Å². The largest absolute Gasteiger partial charge is 0.393 e. The summed E-state index contributed by atoms with van der Waals surface area (Å²) in [7, 11) is 0. The zero-order chi connectivity index (χ0) is 21.4. The summed E-state index contributed by atoms with van der Waals surface area (Å²) < 4.78 is 0. The van der Waals surface area contributed by atoms with Gasteiger partial charge in [-0.1, -0.05) is 75.2 Å². The van der Waals surface area contributed by atoms with Gasteiger partial charge in [0.2, 0.25) is 0 Å². The molecule has 166 valence electrons. The molecule has 2 heteroatoms. The summed E-state index contributed by atoms with van der Waals surface area (Å²) in [6.07, 6.45) is 6.25. The number of hydrogen-bond donors (Lipinski definition) is 2. The molecule has 0 amide bonds. The average Bonchev–Trinajstić information content (AvgIpc) is 2.64. The Morgan fingerprint density at radius 3 is 1.32 bits per heavy atom. The molecule has 2 aliphatic rings. The molecule has 2 aliphatic carbocycles. The molecule has 0 heterocycles. The molecule has 8 unspecified atom stereocenters. The Morgan fingerprint density at radius 1 is 0.714 bits per heavy atom. The van der Waals surface area contributed by atoms with Crippen LogP contribution in [-0.2, 0) is 0 Å². The lowest BCUT2D eigenvalue weighted by Gasteiger charge is -2.52. The van der Waals surface area contributed by atoms with E-state index in [1.54, 1.807) is 0 Å². The third-order valence-electron chi connectivity index (χ3n) is 9.54. The lowest BCUT2D eigenvalue weighted by molar-refractivity contribution is -0.115. The molecule has 0 bridgehead atoms. The van der Waals surface area contributed by atoms with Gasteiger partial charge in [0.15, 0.2) is 0 Å². The highest BCUT2D eigenvalue weighted by Gasteiger charge is 2.49. The molecule has 0 aromatic rings. The van der Waals surface area contributed by atoms with Crippen LogP contribution in [-0.4, -0.2) is 22.4 Å². The van der Waals surface area contributed by atoms with Gasteiger partial charge in [0, 0.05) is 0 Å². The first-order chi connectivity index (χ1) is 12.9. The maximum atomic E-state index is 11.5. The fourth-order valence-corrected chi connectivity index (χ4v) is 6.60. The van der Waals surface area contributed by atoms with Gasteiger partial charge in [-0.25, -0.2) is 0 Å². The third-order valence-corrected chi connectivity index (χ3v) is 9.54. The van der Waals surface area contributed by atoms with Crippen molar-refractivity contribution >= 4 is 0 Å². The Hall–Kier alpha value is -0.0800. The maximum Gasteiger partial charge on any atom is 0.0604 e. The van der Waals surface area contributed by atoms with Crippen molar-refractivity contribution in [2.45, 2.75) is 113 Å². The Bertz CT molecular complexity index is 453. The third kappa shape index (κ3) is 4.80. The Labute approximate surface area is 175 Å². The van der Waals surface area contributed by atoms with Crippen LogP contribution in [0.1, 0.15) is 101 Å². The van der Waals surface area contributed by atoms with Gasteiger partial charge in [0.05, 0.1) is 12.2 Å². The molecule has 0 aliphatic heterocycles. The van der Waals surface area contributed by atoms with E-state index in [2.05, 4.69) is 62.3 Å². The molecule has 28 heavy (non-hydrogen) atoms. The standard InChI is InChI=1S/C26H50O2/c1-10-25(6,7)21-14-16(3)12-19(23(21)27)18(5)20-13-17(4)15-22(24(20)28)26(8,9)11-2/h16-24,27-28H,10-15H2,1-9H3. The lowest BCUT2D eigenvalue weighted by atomic mass is 9.55. The first kappa shape index (κ1) is 24.2. The molecule has 0 radical (unpaired) electrons. The predicted molar refractivity (Wildman–Crippen MR) is 120 cm³/mol. The molecular formula is C26H50O2. The van der Waals surface area contributed by atoms with Crippen molar-refractivity contribution in [2.75, 3.05) is 0 Å². The molecule has 2 fully saturated rings. The van der Waals surface area contributed by atoms with Crippen molar-refractivity contribution in [3.63, 3.8) is 0 Å². The van der Waals surface area contributed by atoms with E-state index in [-0.39, 0.29) is 23.0 Å². The highest BCUT2D eigenvalue weighted by molar-refractivity contribution is 4.99. The van der Waals surface area contributed by atoms with E-state index >= 15 is 0 Å². The molecule has 2 nitrogen and oxygen atoms in total. The number of hydrogen-bond acceptors (Lipinski definition) is 2. The smallest absolute Gasteiger partial charge is 0.0604 e. The summed E-state index contributed by atoms with van der Waals surface area (Å²) in [6, 6.07) is 0. The zero-order valence-electron chi connectivity index (χ0n) is 20.3. The number of aliphatic hydroxyl groups excluding tert-OH is 2. The second-order valence-electron chi connectivity index (χ2n) is 12.2. The van der Waals surface area contributed by atoms with E-state index in [0.29, 0.717) is 41.4 Å². The van der Waals surface area contributed by atoms with Crippen LogP contribution in [0, 0.1) is 52.3 Å². The fourth-order valence-electron chi connectivity index (χ4n) is 6.60. The van der Waals surface area contributed by atoms with Crippen LogP contribution in [0.3, 0.4) is 0 Å². The maximum absolute atomic E-state index is 11.5. The minimum absolute atomic E-state index is 0.178. The second-order valence-corrected chi connectivity index (χ2v) is 12.2. The van der Waals surface area contributed by atoms with Crippen LogP contribution in [0.4, 0.5) is 0 Å².